The second kappa shape index (κ2) is 6.56. The molecule has 1 aromatic heterocycles. The smallest absolute Gasteiger partial charge is 0.271 e. The quantitative estimate of drug-likeness (QED) is 0.847. The molecule has 2 aromatic rings. The van der Waals surface area contributed by atoms with Crippen LogP contribution in [0.5, 0.6) is 0 Å². The molecule has 0 aliphatic heterocycles. The standard InChI is InChI=1S/C14H11Cl2N3O2/c15-10-4-5-11(16)19-12(10)14(21)18-7-8-2-1-3-9(6-8)13(17)20/h1-6H,7H2,(H2,17,20)(H,18,21). The molecular formula is C14H11Cl2N3O2. The van der Waals surface area contributed by atoms with Crippen molar-refractivity contribution in [2.24, 2.45) is 5.73 Å². The Labute approximate surface area is 131 Å². The predicted octanol–water partition coefficient (Wildman–Crippen LogP) is 2.42. The van der Waals surface area contributed by atoms with E-state index in [1.165, 1.54) is 12.1 Å². The monoisotopic (exact) mass is 323 g/mol. The van der Waals surface area contributed by atoms with Crippen LogP contribution in [-0.4, -0.2) is 16.8 Å². The van der Waals surface area contributed by atoms with Crippen LogP contribution >= 0.6 is 23.2 Å². The number of amides is 2. The molecule has 108 valence electrons. The zero-order valence-corrected chi connectivity index (χ0v) is 12.3. The Balaban J connectivity index is 2.09. The fraction of sp³-hybridized carbons (Fsp3) is 0.0714. The lowest BCUT2D eigenvalue weighted by molar-refractivity contribution is 0.0945. The largest absolute Gasteiger partial charge is 0.366 e. The van der Waals surface area contributed by atoms with Crippen LogP contribution in [0.3, 0.4) is 0 Å². The van der Waals surface area contributed by atoms with Gasteiger partial charge >= 0.3 is 0 Å². The Morgan fingerprint density at radius 2 is 1.95 bits per heavy atom. The van der Waals surface area contributed by atoms with Crippen molar-refractivity contribution in [3.63, 3.8) is 0 Å². The molecule has 7 heteroatoms. The molecule has 1 aromatic carbocycles. The summed E-state index contributed by atoms with van der Waals surface area (Å²) < 4.78 is 0. The number of nitrogens with one attached hydrogen (secondary N) is 1. The zero-order chi connectivity index (χ0) is 15.4. The summed E-state index contributed by atoms with van der Waals surface area (Å²) in [6.45, 7) is 0.213. The molecule has 0 bridgehead atoms. The van der Waals surface area contributed by atoms with Crippen molar-refractivity contribution in [3.05, 3.63) is 63.4 Å². The number of hydrogen-bond acceptors (Lipinski definition) is 3. The Morgan fingerprint density at radius 3 is 2.67 bits per heavy atom. The molecule has 2 amide bonds. The van der Waals surface area contributed by atoms with Crippen LogP contribution in [0, 0.1) is 0 Å². The van der Waals surface area contributed by atoms with Gasteiger partial charge in [0.15, 0.2) is 0 Å². The number of aromatic nitrogens is 1. The van der Waals surface area contributed by atoms with E-state index in [4.69, 9.17) is 28.9 Å². The first kappa shape index (κ1) is 15.3. The van der Waals surface area contributed by atoms with E-state index in [1.807, 2.05) is 0 Å². The van der Waals surface area contributed by atoms with Gasteiger partial charge in [-0.3, -0.25) is 9.59 Å². The molecule has 0 spiro atoms. The number of nitrogens with zero attached hydrogens (tertiary/aromatic N) is 1. The molecule has 0 unspecified atom stereocenters. The first-order chi connectivity index (χ1) is 9.97. The Kier molecular flexibility index (Phi) is 4.77. The van der Waals surface area contributed by atoms with Crippen LogP contribution in [0.2, 0.25) is 10.2 Å². The van der Waals surface area contributed by atoms with Crippen LogP contribution in [0.25, 0.3) is 0 Å². The van der Waals surface area contributed by atoms with Gasteiger partial charge in [-0.2, -0.15) is 0 Å². The van der Waals surface area contributed by atoms with E-state index in [0.717, 1.165) is 5.56 Å². The number of carbonyl (C=O) groups is 2. The first-order valence-corrected chi connectivity index (χ1v) is 6.72. The Morgan fingerprint density at radius 1 is 1.19 bits per heavy atom. The second-order valence-electron chi connectivity index (χ2n) is 4.21. The topological polar surface area (TPSA) is 85.1 Å². The minimum Gasteiger partial charge on any atom is -0.366 e. The minimum atomic E-state index is -0.525. The van der Waals surface area contributed by atoms with Crippen molar-refractivity contribution in [2.75, 3.05) is 0 Å². The van der Waals surface area contributed by atoms with Gasteiger partial charge in [0.25, 0.3) is 5.91 Å². The van der Waals surface area contributed by atoms with E-state index in [9.17, 15) is 9.59 Å². The molecule has 5 nitrogen and oxygen atoms in total. The number of primary amides is 1. The maximum absolute atomic E-state index is 12.0. The van der Waals surface area contributed by atoms with Gasteiger partial charge in [0.2, 0.25) is 5.91 Å². The fourth-order valence-corrected chi connectivity index (χ4v) is 2.02. The van der Waals surface area contributed by atoms with E-state index >= 15 is 0 Å². The van der Waals surface area contributed by atoms with Crippen molar-refractivity contribution < 1.29 is 9.59 Å². The summed E-state index contributed by atoms with van der Waals surface area (Å²) in [6, 6.07) is 9.65. The van der Waals surface area contributed by atoms with Crippen LogP contribution < -0.4 is 11.1 Å². The van der Waals surface area contributed by atoms with Crippen LogP contribution in [0.15, 0.2) is 36.4 Å². The molecule has 3 N–H and O–H groups in total. The van der Waals surface area contributed by atoms with Gasteiger partial charge < -0.3 is 11.1 Å². The third-order valence-corrected chi connectivity index (χ3v) is 3.21. The average Bonchev–Trinajstić information content (AvgIpc) is 2.47. The summed E-state index contributed by atoms with van der Waals surface area (Å²) in [7, 11) is 0. The van der Waals surface area contributed by atoms with E-state index in [0.29, 0.717) is 5.56 Å². The molecule has 0 aliphatic carbocycles. The van der Waals surface area contributed by atoms with Crippen LogP contribution in [-0.2, 0) is 6.54 Å². The normalized spacial score (nSPS) is 10.2. The van der Waals surface area contributed by atoms with E-state index in [2.05, 4.69) is 10.3 Å². The summed E-state index contributed by atoms with van der Waals surface area (Å²) >= 11 is 11.6. The maximum atomic E-state index is 12.0. The van der Waals surface area contributed by atoms with Gasteiger partial charge in [-0.05, 0) is 29.8 Å². The van der Waals surface area contributed by atoms with Gasteiger partial charge in [-0.15, -0.1) is 0 Å². The molecule has 0 radical (unpaired) electrons. The van der Waals surface area contributed by atoms with E-state index < -0.39 is 11.8 Å². The Bertz CT molecular complexity index is 704. The molecule has 21 heavy (non-hydrogen) atoms. The number of rotatable bonds is 4. The SMILES string of the molecule is NC(=O)c1cccc(CNC(=O)c2nc(Cl)ccc2Cl)c1. The van der Waals surface area contributed by atoms with E-state index in [1.54, 1.807) is 24.3 Å². The average molecular weight is 324 g/mol. The zero-order valence-electron chi connectivity index (χ0n) is 10.8. The molecule has 0 saturated heterocycles. The van der Waals surface area contributed by atoms with Gasteiger partial charge in [-0.1, -0.05) is 35.3 Å². The van der Waals surface area contributed by atoms with Crippen molar-refractivity contribution >= 4 is 35.0 Å². The molecule has 2 rings (SSSR count). The molecular weight excluding hydrogens is 313 g/mol. The predicted molar refractivity (Wildman–Crippen MR) is 80.4 cm³/mol. The number of nitrogens with two attached hydrogens (primary N) is 1. The molecule has 0 saturated carbocycles. The van der Waals surface area contributed by atoms with Crippen LogP contribution in [0.1, 0.15) is 26.4 Å². The highest BCUT2D eigenvalue weighted by atomic mass is 35.5. The van der Waals surface area contributed by atoms with Crippen molar-refractivity contribution in [1.29, 1.82) is 0 Å². The molecule has 1 heterocycles. The van der Waals surface area contributed by atoms with Gasteiger partial charge in [0.1, 0.15) is 10.8 Å². The molecule has 0 aliphatic rings. The molecule has 0 fully saturated rings. The third kappa shape index (κ3) is 3.93. The fourth-order valence-electron chi connectivity index (χ4n) is 1.68. The highest BCUT2D eigenvalue weighted by molar-refractivity contribution is 6.34. The number of pyridine rings is 1. The first-order valence-electron chi connectivity index (χ1n) is 5.96. The van der Waals surface area contributed by atoms with Crippen LogP contribution in [0.4, 0.5) is 0 Å². The summed E-state index contributed by atoms with van der Waals surface area (Å²) in [5.74, 6) is -0.977. The highest BCUT2D eigenvalue weighted by Gasteiger charge is 2.12. The van der Waals surface area contributed by atoms with Gasteiger partial charge in [0.05, 0.1) is 5.02 Å². The van der Waals surface area contributed by atoms with E-state index in [-0.39, 0.29) is 22.4 Å². The number of hydrogen-bond donors (Lipinski definition) is 2. The summed E-state index contributed by atoms with van der Waals surface area (Å²) in [4.78, 5) is 27.0. The van der Waals surface area contributed by atoms with Crippen molar-refractivity contribution in [3.8, 4) is 0 Å². The number of halogens is 2. The molecule has 0 atom stereocenters. The minimum absolute atomic E-state index is 0.0511. The summed E-state index contributed by atoms with van der Waals surface area (Å²) in [6.07, 6.45) is 0. The second-order valence-corrected chi connectivity index (χ2v) is 5.01. The number of benzene rings is 1. The highest BCUT2D eigenvalue weighted by Crippen LogP contribution is 2.16. The lowest BCUT2D eigenvalue weighted by Crippen LogP contribution is -2.24. The van der Waals surface area contributed by atoms with Crippen molar-refractivity contribution in [1.82, 2.24) is 10.3 Å². The maximum Gasteiger partial charge on any atom is 0.271 e. The lowest BCUT2D eigenvalue weighted by Gasteiger charge is -2.07. The Hall–Kier alpha value is -2.11. The van der Waals surface area contributed by atoms with Crippen molar-refractivity contribution in [2.45, 2.75) is 6.54 Å². The van der Waals surface area contributed by atoms with Gasteiger partial charge in [-0.25, -0.2) is 4.98 Å². The summed E-state index contributed by atoms with van der Waals surface area (Å²) in [5.41, 5.74) is 6.36. The number of carbonyl (C=O) groups excluding carboxylic acids is 2. The third-order valence-electron chi connectivity index (χ3n) is 2.69. The van der Waals surface area contributed by atoms with Gasteiger partial charge in [0, 0.05) is 12.1 Å². The lowest BCUT2D eigenvalue weighted by atomic mass is 10.1. The summed E-state index contributed by atoms with van der Waals surface area (Å²) in [5, 5.41) is 3.04.